The van der Waals surface area contributed by atoms with Gasteiger partial charge in [-0.1, -0.05) is 6.92 Å². The van der Waals surface area contributed by atoms with Gasteiger partial charge >= 0.3 is 6.61 Å². The van der Waals surface area contributed by atoms with Crippen LogP contribution in [-0.2, 0) is 0 Å². The van der Waals surface area contributed by atoms with Crippen molar-refractivity contribution in [3.63, 3.8) is 0 Å². The Bertz CT molecular complexity index is 290. The molecule has 1 aromatic rings. The van der Waals surface area contributed by atoms with Gasteiger partial charge in [0.05, 0.1) is 6.20 Å². The van der Waals surface area contributed by atoms with Crippen LogP contribution in [0.15, 0.2) is 18.3 Å². The van der Waals surface area contributed by atoms with Crippen LogP contribution in [-0.4, -0.2) is 17.6 Å². The molecule has 0 aliphatic heterocycles. The normalized spacial score (nSPS) is 12.6. The first kappa shape index (κ1) is 11.7. The van der Waals surface area contributed by atoms with Crippen LogP contribution in [0.3, 0.4) is 0 Å². The summed E-state index contributed by atoms with van der Waals surface area (Å²) in [4.78, 5) is 3.95. The van der Waals surface area contributed by atoms with Crippen molar-refractivity contribution in [2.24, 2.45) is 0 Å². The topological polar surface area (TPSA) is 34.1 Å². The fourth-order valence-corrected chi connectivity index (χ4v) is 0.993. The van der Waals surface area contributed by atoms with Crippen molar-refractivity contribution in [3.8, 4) is 5.75 Å². The zero-order valence-corrected chi connectivity index (χ0v) is 8.71. The Morgan fingerprint density at radius 1 is 1.47 bits per heavy atom. The van der Waals surface area contributed by atoms with Gasteiger partial charge in [0, 0.05) is 6.04 Å². The van der Waals surface area contributed by atoms with Gasteiger partial charge in [-0.15, -0.1) is 0 Å². The van der Waals surface area contributed by atoms with Crippen molar-refractivity contribution in [3.05, 3.63) is 18.3 Å². The van der Waals surface area contributed by atoms with Gasteiger partial charge in [-0.3, -0.25) is 0 Å². The number of halogens is 2. The maximum Gasteiger partial charge on any atom is 0.387 e. The number of nitrogens with one attached hydrogen (secondary N) is 1. The summed E-state index contributed by atoms with van der Waals surface area (Å²) in [5.41, 5.74) is 0. The molecule has 0 amide bonds. The summed E-state index contributed by atoms with van der Waals surface area (Å²) in [6.07, 6.45) is 2.24. The lowest BCUT2D eigenvalue weighted by Crippen LogP contribution is -2.14. The van der Waals surface area contributed by atoms with E-state index < -0.39 is 6.61 Å². The Balaban J connectivity index is 2.56. The molecular weight excluding hydrogens is 202 g/mol. The molecule has 0 saturated heterocycles. The zero-order valence-electron chi connectivity index (χ0n) is 8.71. The molecule has 1 atom stereocenters. The standard InChI is InChI=1S/C10H14F2N2O/c1-3-7(2)14-9-5-4-8(6-13-9)15-10(11)12/h4-7,10H,3H2,1-2H3,(H,13,14). The fourth-order valence-electron chi connectivity index (χ4n) is 0.993. The van der Waals surface area contributed by atoms with Crippen LogP contribution in [0.5, 0.6) is 5.75 Å². The number of hydrogen-bond donors (Lipinski definition) is 1. The van der Waals surface area contributed by atoms with Crippen molar-refractivity contribution in [1.29, 1.82) is 0 Å². The predicted octanol–water partition coefficient (Wildman–Crippen LogP) is 2.89. The highest BCUT2D eigenvalue weighted by molar-refractivity contribution is 5.38. The van der Waals surface area contributed by atoms with Crippen molar-refractivity contribution < 1.29 is 13.5 Å². The highest BCUT2D eigenvalue weighted by atomic mass is 19.3. The number of alkyl halides is 2. The van der Waals surface area contributed by atoms with Crippen LogP contribution < -0.4 is 10.1 Å². The van der Waals surface area contributed by atoms with Gasteiger partial charge in [0.15, 0.2) is 0 Å². The Morgan fingerprint density at radius 3 is 2.67 bits per heavy atom. The van der Waals surface area contributed by atoms with Crippen LogP contribution >= 0.6 is 0 Å². The first-order valence-corrected chi connectivity index (χ1v) is 4.79. The van der Waals surface area contributed by atoms with Crippen LogP contribution in [0, 0.1) is 0 Å². The van der Waals surface area contributed by atoms with Gasteiger partial charge < -0.3 is 10.1 Å². The lowest BCUT2D eigenvalue weighted by atomic mass is 10.2. The van der Waals surface area contributed by atoms with E-state index in [2.05, 4.69) is 15.0 Å². The predicted molar refractivity (Wildman–Crippen MR) is 54.2 cm³/mol. The lowest BCUT2D eigenvalue weighted by Gasteiger charge is -2.12. The minimum absolute atomic E-state index is 0.0692. The molecule has 3 nitrogen and oxygen atoms in total. The molecule has 0 bridgehead atoms. The number of aromatic nitrogens is 1. The Labute approximate surface area is 87.5 Å². The second kappa shape index (κ2) is 5.48. The molecule has 1 rings (SSSR count). The van der Waals surface area contributed by atoms with Crippen molar-refractivity contribution in [2.45, 2.75) is 32.9 Å². The summed E-state index contributed by atoms with van der Waals surface area (Å²) in [5, 5.41) is 3.12. The molecule has 0 saturated carbocycles. The second-order valence-corrected chi connectivity index (χ2v) is 3.21. The Hall–Kier alpha value is -1.39. The van der Waals surface area contributed by atoms with Gasteiger partial charge in [-0.25, -0.2) is 4.98 Å². The highest BCUT2D eigenvalue weighted by Gasteiger charge is 2.05. The number of ether oxygens (including phenoxy) is 1. The molecule has 1 unspecified atom stereocenters. The molecule has 1 aromatic heterocycles. The highest BCUT2D eigenvalue weighted by Crippen LogP contribution is 2.15. The van der Waals surface area contributed by atoms with E-state index in [1.165, 1.54) is 12.3 Å². The largest absolute Gasteiger partial charge is 0.433 e. The van der Waals surface area contributed by atoms with E-state index in [9.17, 15) is 8.78 Å². The third-order valence-electron chi connectivity index (χ3n) is 1.97. The molecule has 0 fully saturated rings. The SMILES string of the molecule is CCC(C)Nc1ccc(OC(F)F)cn1. The van der Waals surface area contributed by atoms with Crippen LogP contribution in [0.4, 0.5) is 14.6 Å². The minimum Gasteiger partial charge on any atom is -0.433 e. The van der Waals surface area contributed by atoms with Crippen molar-refractivity contribution in [2.75, 3.05) is 5.32 Å². The van der Waals surface area contributed by atoms with Crippen LogP contribution in [0.2, 0.25) is 0 Å². The molecule has 0 spiro atoms. The van der Waals surface area contributed by atoms with Crippen LogP contribution in [0.25, 0.3) is 0 Å². The van der Waals surface area contributed by atoms with Crippen LogP contribution in [0.1, 0.15) is 20.3 Å². The number of rotatable bonds is 5. The van der Waals surface area contributed by atoms with Gasteiger partial charge in [0.25, 0.3) is 0 Å². The minimum atomic E-state index is -2.81. The van der Waals surface area contributed by atoms with E-state index in [-0.39, 0.29) is 5.75 Å². The lowest BCUT2D eigenvalue weighted by molar-refractivity contribution is -0.0500. The quantitative estimate of drug-likeness (QED) is 0.821. The van der Waals surface area contributed by atoms with E-state index in [0.717, 1.165) is 6.42 Å². The van der Waals surface area contributed by atoms with E-state index >= 15 is 0 Å². The molecule has 5 heteroatoms. The Morgan fingerprint density at radius 2 is 2.20 bits per heavy atom. The molecule has 0 aliphatic rings. The van der Waals surface area contributed by atoms with E-state index in [4.69, 9.17) is 0 Å². The third-order valence-corrected chi connectivity index (χ3v) is 1.97. The smallest absolute Gasteiger partial charge is 0.387 e. The molecule has 0 aromatic carbocycles. The fraction of sp³-hybridized carbons (Fsp3) is 0.500. The van der Waals surface area contributed by atoms with Gasteiger partial charge in [0.2, 0.25) is 0 Å². The van der Waals surface area contributed by atoms with Gasteiger partial charge in [-0.2, -0.15) is 8.78 Å². The first-order valence-electron chi connectivity index (χ1n) is 4.79. The number of nitrogens with zero attached hydrogens (tertiary/aromatic N) is 1. The number of hydrogen-bond acceptors (Lipinski definition) is 3. The maximum atomic E-state index is 11.8. The van der Waals surface area contributed by atoms with E-state index in [1.807, 2.05) is 13.8 Å². The average Bonchev–Trinajstić information content (AvgIpc) is 2.20. The molecule has 1 heterocycles. The summed E-state index contributed by atoms with van der Waals surface area (Å²) >= 11 is 0. The molecule has 0 radical (unpaired) electrons. The Kier molecular flexibility index (Phi) is 4.27. The van der Waals surface area contributed by atoms with Gasteiger partial charge in [0.1, 0.15) is 11.6 Å². The third kappa shape index (κ3) is 4.10. The number of pyridine rings is 1. The molecular formula is C10H14F2N2O. The first-order chi connectivity index (χ1) is 7.11. The maximum absolute atomic E-state index is 11.8. The summed E-state index contributed by atoms with van der Waals surface area (Å²) in [5.74, 6) is 0.727. The van der Waals surface area contributed by atoms with Crippen molar-refractivity contribution in [1.82, 2.24) is 4.98 Å². The van der Waals surface area contributed by atoms with Gasteiger partial charge in [-0.05, 0) is 25.5 Å². The monoisotopic (exact) mass is 216 g/mol. The number of anilines is 1. The summed E-state index contributed by atoms with van der Waals surface area (Å²) in [7, 11) is 0. The molecule has 84 valence electrons. The summed E-state index contributed by atoms with van der Waals surface area (Å²) in [6.45, 7) is 1.26. The van der Waals surface area contributed by atoms with Crippen molar-refractivity contribution >= 4 is 5.82 Å². The zero-order chi connectivity index (χ0) is 11.3. The molecule has 0 aliphatic carbocycles. The van der Waals surface area contributed by atoms with E-state index in [1.54, 1.807) is 6.07 Å². The summed E-state index contributed by atoms with van der Waals surface area (Å²) in [6, 6.07) is 3.38. The average molecular weight is 216 g/mol. The van der Waals surface area contributed by atoms with E-state index in [0.29, 0.717) is 11.9 Å². The second-order valence-electron chi connectivity index (χ2n) is 3.21. The summed E-state index contributed by atoms with van der Waals surface area (Å²) < 4.78 is 27.8. The molecule has 1 N–H and O–H groups in total. The molecule has 15 heavy (non-hydrogen) atoms.